The maximum atomic E-state index is 12.1. The molecule has 0 aromatic carbocycles. The highest BCUT2D eigenvalue weighted by Gasteiger charge is 2.23. The van der Waals surface area contributed by atoms with Crippen LogP contribution in [0.1, 0.15) is 46.1 Å². The number of rotatable bonds is 7. The minimum Gasteiger partial charge on any atom is -0.361 e. The molecule has 0 spiro atoms. The Kier molecular flexibility index (Phi) is 5.54. The summed E-state index contributed by atoms with van der Waals surface area (Å²) in [5.41, 5.74) is 0.846. The van der Waals surface area contributed by atoms with Gasteiger partial charge in [-0.1, -0.05) is 39.8 Å². The molecule has 1 aromatic rings. The molecule has 0 aliphatic carbocycles. The number of hydrogen-bond donors (Lipinski definition) is 1. The standard InChI is InChI=1S/C14H24N2O2/c1-6-12-7-11(16-18-12)8-13(15-10(4)5)14(17)9(2)3/h7,9-10,13,15H,6,8H2,1-5H3/t13-/m0/s1. The minimum absolute atomic E-state index is 0.0267. The number of Topliss-reactive ketones (excluding diaryl/α,β-unsaturated/α-hetero) is 1. The van der Waals surface area contributed by atoms with E-state index in [9.17, 15) is 4.79 Å². The second-order valence-corrected chi connectivity index (χ2v) is 5.27. The molecular weight excluding hydrogens is 228 g/mol. The van der Waals surface area contributed by atoms with Crippen molar-refractivity contribution in [2.45, 2.75) is 59.5 Å². The normalized spacial score (nSPS) is 13.3. The Bertz CT molecular complexity index is 383. The summed E-state index contributed by atoms with van der Waals surface area (Å²) in [5.74, 6) is 1.12. The van der Waals surface area contributed by atoms with Crippen molar-refractivity contribution >= 4 is 5.78 Å². The monoisotopic (exact) mass is 252 g/mol. The van der Waals surface area contributed by atoms with Crippen LogP contribution in [0.4, 0.5) is 0 Å². The number of hydrogen-bond acceptors (Lipinski definition) is 4. The topological polar surface area (TPSA) is 55.1 Å². The summed E-state index contributed by atoms with van der Waals surface area (Å²) in [6.07, 6.45) is 1.42. The molecule has 1 atom stereocenters. The minimum atomic E-state index is -0.181. The highest BCUT2D eigenvalue weighted by Crippen LogP contribution is 2.10. The highest BCUT2D eigenvalue weighted by molar-refractivity contribution is 5.86. The number of aromatic nitrogens is 1. The van der Waals surface area contributed by atoms with Crippen molar-refractivity contribution in [3.05, 3.63) is 17.5 Å². The highest BCUT2D eigenvalue weighted by atomic mass is 16.5. The van der Waals surface area contributed by atoms with Gasteiger partial charge in [-0.05, 0) is 0 Å². The summed E-state index contributed by atoms with van der Waals surface area (Å²) < 4.78 is 5.17. The van der Waals surface area contributed by atoms with E-state index in [0.717, 1.165) is 17.9 Å². The smallest absolute Gasteiger partial charge is 0.152 e. The number of carbonyl (C=O) groups is 1. The lowest BCUT2D eigenvalue weighted by molar-refractivity contribution is -0.124. The molecule has 0 aliphatic heterocycles. The molecule has 0 saturated carbocycles. The van der Waals surface area contributed by atoms with E-state index in [2.05, 4.69) is 10.5 Å². The first-order chi connectivity index (χ1) is 8.43. The average Bonchev–Trinajstić information content (AvgIpc) is 2.74. The first kappa shape index (κ1) is 14.9. The summed E-state index contributed by atoms with van der Waals surface area (Å²) >= 11 is 0. The summed E-state index contributed by atoms with van der Waals surface area (Å²) in [7, 11) is 0. The lowest BCUT2D eigenvalue weighted by Gasteiger charge is -2.20. The average molecular weight is 252 g/mol. The van der Waals surface area contributed by atoms with Crippen molar-refractivity contribution in [2.24, 2.45) is 5.92 Å². The van der Waals surface area contributed by atoms with Gasteiger partial charge in [0.15, 0.2) is 5.78 Å². The quantitative estimate of drug-likeness (QED) is 0.809. The Morgan fingerprint density at radius 2 is 2.06 bits per heavy atom. The molecule has 0 bridgehead atoms. The Morgan fingerprint density at radius 1 is 1.39 bits per heavy atom. The van der Waals surface area contributed by atoms with Gasteiger partial charge in [0.1, 0.15) is 5.76 Å². The van der Waals surface area contributed by atoms with Gasteiger partial charge in [-0.2, -0.15) is 0 Å². The molecule has 1 heterocycles. The van der Waals surface area contributed by atoms with Gasteiger partial charge < -0.3 is 9.84 Å². The Balaban J connectivity index is 2.74. The van der Waals surface area contributed by atoms with Crippen molar-refractivity contribution < 1.29 is 9.32 Å². The Morgan fingerprint density at radius 3 is 2.50 bits per heavy atom. The van der Waals surface area contributed by atoms with Crippen LogP contribution < -0.4 is 5.32 Å². The first-order valence-corrected chi connectivity index (χ1v) is 6.68. The van der Waals surface area contributed by atoms with Gasteiger partial charge in [-0.3, -0.25) is 4.79 Å². The van der Waals surface area contributed by atoms with Crippen LogP contribution in [-0.2, 0) is 17.6 Å². The molecule has 0 saturated heterocycles. The van der Waals surface area contributed by atoms with Crippen molar-refractivity contribution in [3.63, 3.8) is 0 Å². The third-order valence-electron chi connectivity index (χ3n) is 2.82. The molecule has 0 unspecified atom stereocenters. The zero-order chi connectivity index (χ0) is 13.7. The van der Waals surface area contributed by atoms with Gasteiger partial charge in [0, 0.05) is 30.9 Å². The third-order valence-corrected chi connectivity index (χ3v) is 2.82. The van der Waals surface area contributed by atoms with E-state index in [0.29, 0.717) is 6.42 Å². The largest absolute Gasteiger partial charge is 0.361 e. The van der Waals surface area contributed by atoms with Crippen molar-refractivity contribution in [1.29, 1.82) is 0 Å². The second-order valence-electron chi connectivity index (χ2n) is 5.27. The molecule has 0 amide bonds. The van der Waals surface area contributed by atoms with Gasteiger partial charge in [0.25, 0.3) is 0 Å². The maximum absolute atomic E-state index is 12.1. The number of nitrogens with one attached hydrogen (secondary N) is 1. The van der Waals surface area contributed by atoms with Crippen LogP contribution in [0.25, 0.3) is 0 Å². The molecule has 102 valence electrons. The van der Waals surface area contributed by atoms with Crippen LogP contribution in [0.3, 0.4) is 0 Å². The van der Waals surface area contributed by atoms with Crippen molar-refractivity contribution in [1.82, 2.24) is 10.5 Å². The third kappa shape index (κ3) is 4.26. The number of aryl methyl sites for hydroxylation is 1. The summed E-state index contributed by atoms with van der Waals surface area (Å²) in [4.78, 5) is 12.1. The molecule has 4 heteroatoms. The zero-order valence-corrected chi connectivity index (χ0v) is 12.0. The van der Waals surface area contributed by atoms with E-state index in [-0.39, 0.29) is 23.8 Å². The molecule has 1 rings (SSSR count). The molecule has 0 radical (unpaired) electrons. The maximum Gasteiger partial charge on any atom is 0.152 e. The summed E-state index contributed by atoms with van der Waals surface area (Å²) in [5, 5.41) is 7.31. The fourth-order valence-corrected chi connectivity index (χ4v) is 1.87. The van der Waals surface area contributed by atoms with E-state index in [1.165, 1.54) is 0 Å². The Hall–Kier alpha value is -1.16. The first-order valence-electron chi connectivity index (χ1n) is 6.68. The molecule has 1 N–H and O–H groups in total. The van der Waals surface area contributed by atoms with Crippen LogP contribution >= 0.6 is 0 Å². The van der Waals surface area contributed by atoms with E-state index < -0.39 is 0 Å². The predicted octanol–water partition coefficient (Wildman–Crippen LogP) is 2.37. The Labute approximate surface area is 109 Å². The van der Waals surface area contributed by atoms with Crippen molar-refractivity contribution in [2.75, 3.05) is 0 Å². The van der Waals surface area contributed by atoms with E-state index >= 15 is 0 Å². The number of nitrogens with zero attached hydrogens (tertiary/aromatic N) is 1. The molecular formula is C14H24N2O2. The van der Waals surface area contributed by atoms with E-state index in [1.54, 1.807) is 0 Å². The lowest BCUT2D eigenvalue weighted by Crippen LogP contribution is -2.44. The molecule has 1 aromatic heterocycles. The predicted molar refractivity (Wildman–Crippen MR) is 71.5 cm³/mol. The summed E-state index contributed by atoms with van der Waals surface area (Å²) in [6.45, 7) is 9.96. The van der Waals surface area contributed by atoms with Crippen LogP contribution in [0.2, 0.25) is 0 Å². The van der Waals surface area contributed by atoms with Gasteiger partial charge in [-0.25, -0.2) is 0 Å². The van der Waals surface area contributed by atoms with Crippen molar-refractivity contribution in [3.8, 4) is 0 Å². The zero-order valence-electron chi connectivity index (χ0n) is 12.0. The van der Waals surface area contributed by atoms with E-state index in [4.69, 9.17) is 4.52 Å². The van der Waals surface area contributed by atoms with Gasteiger partial charge in [-0.15, -0.1) is 0 Å². The fourth-order valence-electron chi connectivity index (χ4n) is 1.87. The van der Waals surface area contributed by atoms with E-state index in [1.807, 2.05) is 40.7 Å². The second kappa shape index (κ2) is 6.69. The van der Waals surface area contributed by atoms with Crippen LogP contribution in [-0.4, -0.2) is 23.0 Å². The lowest BCUT2D eigenvalue weighted by atomic mass is 9.97. The number of carbonyl (C=O) groups excluding carboxylic acids is 1. The SMILES string of the molecule is CCc1cc(C[C@H](NC(C)C)C(=O)C(C)C)no1. The number of ketones is 1. The van der Waals surface area contributed by atoms with Crippen LogP contribution in [0.5, 0.6) is 0 Å². The molecule has 0 fully saturated rings. The van der Waals surface area contributed by atoms with Gasteiger partial charge in [0.05, 0.1) is 11.7 Å². The molecule has 18 heavy (non-hydrogen) atoms. The van der Waals surface area contributed by atoms with Crippen LogP contribution in [0, 0.1) is 5.92 Å². The fraction of sp³-hybridized carbons (Fsp3) is 0.714. The molecule has 0 aliphatic rings. The van der Waals surface area contributed by atoms with Gasteiger partial charge >= 0.3 is 0 Å². The van der Waals surface area contributed by atoms with Crippen LogP contribution in [0.15, 0.2) is 10.6 Å². The molecule has 4 nitrogen and oxygen atoms in total. The summed E-state index contributed by atoms with van der Waals surface area (Å²) in [6, 6.07) is 2.03. The van der Waals surface area contributed by atoms with Gasteiger partial charge in [0.2, 0.25) is 0 Å².